The molecular formula is C14H20N2O4S. The van der Waals surface area contributed by atoms with Gasteiger partial charge in [0.15, 0.2) is 9.84 Å². The first kappa shape index (κ1) is 14.6. The highest BCUT2D eigenvalue weighted by molar-refractivity contribution is 7.91. The van der Waals surface area contributed by atoms with Crippen LogP contribution >= 0.6 is 0 Å². The van der Waals surface area contributed by atoms with E-state index >= 15 is 0 Å². The molecular weight excluding hydrogens is 292 g/mol. The number of nitrogens with zero attached hydrogens (tertiary/aromatic N) is 2. The predicted octanol–water partition coefficient (Wildman–Crippen LogP) is 0.533. The van der Waals surface area contributed by atoms with E-state index in [1.807, 2.05) is 4.90 Å². The molecule has 6 nitrogen and oxygen atoms in total. The van der Waals surface area contributed by atoms with E-state index < -0.39 is 9.84 Å². The van der Waals surface area contributed by atoms with Crippen LogP contribution in [0.2, 0.25) is 0 Å². The maximum absolute atomic E-state index is 12.4. The van der Waals surface area contributed by atoms with Gasteiger partial charge in [-0.2, -0.15) is 0 Å². The fraction of sp³-hybridized carbons (Fsp3) is 0.643. The third-order valence-corrected chi connectivity index (χ3v) is 6.17. The molecule has 21 heavy (non-hydrogen) atoms. The highest BCUT2D eigenvalue weighted by Crippen LogP contribution is 2.20. The van der Waals surface area contributed by atoms with Crippen LogP contribution in [-0.2, 0) is 9.84 Å². The van der Waals surface area contributed by atoms with Gasteiger partial charge in [-0.05, 0) is 19.4 Å². The Kier molecular flexibility index (Phi) is 3.79. The van der Waals surface area contributed by atoms with E-state index in [4.69, 9.17) is 4.42 Å². The van der Waals surface area contributed by atoms with Crippen LogP contribution in [0, 0.1) is 6.92 Å². The van der Waals surface area contributed by atoms with Crippen molar-refractivity contribution in [3.8, 4) is 0 Å². The van der Waals surface area contributed by atoms with Crippen LogP contribution in [0.1, 0.15) is 22.5 Å². The lowest BCUT2D eigenvalue weighted by Gasteiger charge is -2.37. The molecule has 7 heteroatoms. The zero-order valence-electron chi connectivity index (χ0n) is 12.1. The molecule has 0 aliphatic carbocycles. The summed E-state index contributed by atoms with van der Waals surface area (Å²) >= 11 is 0. The van der Waals surface area contributed by atoms with E-state index in [0.717, 1.165) is 19.5 Å². The molecule has 2 aliphatic rings. The lowest BCUT2D eigenvalue weighted by Crippen LogP contribution is -2.52. The summed E-state index contributed by atoms with van der Waals surface area (Å²) in [5.74, 6) is 1.21. The van der Waals surface area contributed by atoms with Gasteiger partial charge in [0.2, 0.25) is 0 Å². The molecule has 2 aliphatic heterocycles. The number of carbonyl (C=O) groups is 1. The molecule has 0 bridgehead atoms. The first-order valence-electron chi connectivity index (χ1n) is 7.24. The van der Waals surface area contributed by atoms with E-state index in [0.29, 0.717) is 30.2 Å². The standard InChI is InChI=1S/C14H20N2O4S/c1-11-13(2-8-20-11)14(17)16-6-4-15(5-7-16)12-3-9-21(18,19)10-12/h2,8,12H,3-7,9-10H2,1H3. The zero-order valence-corrected chi connectivity index (χ0v) is 12.9. The number of furan rings is 1. The summed E-state index contributed by atoms with van der Waals surface area (Å²) in [5, 5.41) is 0. The van der Waals surface area contributed by atoms with Gasteiger partial charge in [-0.25, -0.2) is 8.42 Å². The van der Waals surface area contributed by atoms with Gasteiger partial charge in [-0.3, -0.25) is 9.69 Å². The van der Waals surface area contributed by atoms with Crippen molar-refractivity contribution < 1.29 is 17.6 Å². The summed E-state index contributed by atoms with van der Waals surface area (Å²) in [6, 6.07) is 1.83. The Hall–Kier alpha value is -1.34. The van der Waals surface area contributed by atoms with E-state index in [1.54, 1.807) is 13.0 Å². The molecule has 1 atom stereocenters. The summed E-state index contributed by atoms with van der Waals surface area (Å²) in [6.45, 7) is 4.54. The third-order valence-electron chi connectivity index (χ3n) is 4.42. The number of aryl methyl sites for hydroxylation is 1. The molecule has 1 amide bonds. The summed E-state index contributed by atoms with van der Waals surface area (Å²) in [5.41, 5.74) is 0.617. The van der Waals surface area contributed by atoms with E-state index in [-0.39, 0.29) is 17.7 Å². The number of piperazine rings is 1. The van der Waals surface area contributed by atoms with Crippen molar-refractivity contribution in [2.24, 2.45) is 0 Å². The first-order chi connectivity index (χ1) is 9.96. The van der Waals surface area contributed by atoms with Crippen molar-refractivity contribution in [1.29, 1.82) is 0 Å². The Morgan fingerprint density at radius 1 is 1.29 bits per heavy atom. The van der Waals surface area contributed by atoms with E-state index in [9.17, 15) is 13.2 Å². The number of sulfone groups is 1. The summed E-state index contributed by atoms with van der Waals surface area (Å²) in [6.07, 6.45) is 2.25. The predicted molar refractivity (Wildman–Crippen MR) is 78.0 cm³/mol. The molecule has 1 aromatic heterocycles. The average Bonchev–Trinajstić information content (AvgIpc) is 3.04. The number of rotatable bonds is 2. The lowest BCUT2D eigenvalue weighted by molar-refractivity contribution is 0.0586. The molecule has 2 fully saturated rings. The van der Waals surface area contributed by atoms with Gasteiger partial charge >= 0.3 is 0 Å². The van der Waals surface area contributed by atoms with Gasteiger partial charge in [0.05, 0.1) is 23.3 Å². The normalized spacial score (nSPS) is 26.1. The van der Waals surface area contributed by atoms with Crippen molar-refractivity contribution in [3.63, 3.8) is 0 Å². The Morgan fingerprint density at radius 3 is 2.52 bits per heavy atom. The molecule has 1 unspecified atom stereocenters. The molecule has 116 valence electrons. The second-order valence-electron chi connectivity index (χ2n) is 5.78. The number of hydrogen-bond acceptors (Lipinski definition) is 5. The minimum Gasteiger partial charge on any atom is -0.469 e. The fourth-order valence-electron chi connectivity index (χ4n) is 3.13. The molecule has 1 aromatic rings. The molecule has 0 saturated carbocycles. The van der Waals surface area contributed by atoms with E-state index in [1.165, 1.54) is 6.26 Å². The van der Waals surface area contributed by atoms with Crippen LogP contribution in [0.15, 0.2) is 16.7 Å². The Morgan fingerprint density at radius 2 is 2.00 bits per heavy atom. The van der Waals surface area contributed by atoms with Gasteiger partial charge in [-0.15, -0.1) is 0 Å². The van der Waals surface area contributed by atoms with Crippen molar-refractivity contribution in [3.05, 3.63) is 23.7 Å². The minimum absolute atomic E-state index is 0.0000523. The van der Waals surface area contributed by atoms with Crippen molar-refractivity contribution in [2.75, 3.05) is 37.7 Å². The van der Waals surface area contributed by atoms with Gasteiger partial charge in [0.1, 0.15) is 5.76 Å². The third kappa shape index (κ3) is 2.98. The van der Waals surface area contributed by atoms with Crippen LogP contribution < -0.4 is 0 Å². The van der Waals surface area contributed by atoms with Crippen molar-refractivity contribution in [2.45, 2.75) is 19.4 Å². The maximum atomic E-state index is 12.4. The van der Waals surface area contributed by atoms with Crippen LogP contribution in [0.4, 0.5) is 0 Å². The topological polar surface area (TPSA) is 70.8 Å². The SMILES string of the molecule is Cc1occc1C(=O)N1CCN(C2CCS(=O)(=O)C2)CC1. The molecule has 2 saturated heterocycles. The first-order valence-corrected chi connectivity index (χ1v) is 9.06. The molecule has 0 N–H and O–H groups in total. The maximum Gasteiger partial charge on any atom is 0.257 e. The largest absolute Gasteiger partial charge is 0.469 e. The van der Waals surface area contributed by atoms with Crippen LogP contribution in [0.5, 0.6) is 0 Å². The van der Waals surface area contributed by atoms with Crippen molar-refractivity contribution in [1.82, 2.24) is 9.80 Å². The quantitative estimate of drug-likeness (QED) is 0.797. The highest BCUT2D eigenvalue weighted by Gasteiger charge is 2.34. The summed E-state index contributed by atoms with van der Waals surface area (Å²) in [7, 11) is -2.85. The van der Waals surface area contributed by atoms with Gasteiger partial charge < -0.3 is 9.32 Å². The van der Waals surface area contributed by atoms with Gasteiger partial charge in [0.25, 0.3) is 5.91 Å². The molecule has 0 spiro atoms. The second kappa shape index (κ2) is 5.46. The van der Waals surface area contributed by atoms with Crippen LogP contribution in [0.25, 0.3) is 0 Å². The smallest absolute Gasteiger partial charge is 0.257 e. The Labute approximate surface area is 124 Å². The monoisotopic (exact) mass is 312 g/mol. The minimum atomic E-state index is -2.85. The highest BCUT2D eigenvalue weighted by atomic mass is 32.2. The van der Waals surface area contributed by atoms with Crippen LogP contribution in [0.3, 0.4) is 0 Å². The number of carbonyl (C=O) groups excluding carboxylic acids is 1. The molecule has 3 rings (SSSR count). The van der Waals surface area contributed by atoms with Gasteiger partial charge in [-0.1, -0.05) is 0 Å². The lowest BCUT2D eigenvalue weighted by atomic mass is 10.1. The number of amides is 1. The van der Waals surface area contributed by atoms with E-state index in [2.05, 4.69) is 4.90 Å². The van der Waals surface area contributed by atoms with Crippen LogP contribution in [-0.4, -0.2) is 67.9 Å². The molecule has 3 heterocycles. The summed E-state index contributed by atoms with van der Waals surface area (Å²) < 4.78 is 28.3. The molecule has 0 aromatic carbocycles. The van der Waals surface area contributed by atoms with Gasteiger partial charge in [0, 0.05) is 32.2 Å². The Balaban J connectivity index is 1.58. The number of hydrogen-bond donors (Lipinski definition) is 0. The summed E-state index contributed by atoms with van der Waals surface area (Å²) in [4.78, 5) is 16.4. The zero-order chi connectivity index (χ0) is 15.0. The second-order valence-corrected chi connectivity index (χ2v) is 8.00. The average molecular weight is 312 g/mol. The fourth-order valence-corrected chi connectivity index (χ4v) is 4.89. The molecule has 0 radical (unpaired) electrons. The Bertz CT molecular complexity index is 629. The van der Waals surface area contributed by atoms with Crippen molar-refractivity contribution >= 4 is 15.7 Å².